The molecule has 0 amide bonds. The Morgan fingerprint density at radius 3 is 1.73 bits per heavy atom. The summed E-state index contributed by atoms with van der Waals surface area (Å²) in [5, 5.41) is 0. The number of Topliss-reactive ketones (excluding diaryl/α,β-unsaturated/α-hetero) is 1. The van der Waals surface area contributed by atoms with Crippen molar-refractivity contribution in [1.82, 2.24) is 0 Å². The largest absolute Gasteiger partial charge is 0.465 e. The van der Waals surface area contributed by atoms with Gasteiger partial charge in [0.1, 0.15) is 5.78 Å². The molecule has 0 bridgehead atoms. The zero-order valence-electron chi connectivity index (χ0n) is 14.4. The Hall–Kier alpha value is -1.39. The van der Waals surface area contributed by atoms with E-state index < -0.39 is 23.8 Å². The van der Waals surface area contributed by atoms with Crippen LogP contribution >= 0.6 is 0 Å². The van der Waals surface area contributed by atoms with Crippen molar-refractivity contribution in [3.05, 3.63) is 0 Å². The second kappa shape index (κ2) is 12.2. The van der Waals surface area contributed by atoms with Crippen molar-refractivity contribution in [2.75, 3.05) is 13.2 Å². The van der Waals surface area contributed by atoms with Gasteiger partial charge >= 0.3 is 11.9 Å². The first-order valence-electron chi connectivity index (χ1n) is 8.39. The molecule has 0 radical (unpaired) electrons. The van der Waals surface area contributed by atoms with Crippen molar-refractivity contribution < 1.29 is 23.9 Å². The number of ketones is 1. The normalized spacial score (nSPS) is 12.0. The van der Waals surface area contributed by atoms with E-state index in [9.17, 15) is 14.4 Å². The van der Waals surface area contributed by atoms with Crippen LogP contribution in [0.3, 0.4) is 0 Å². The molecule has 128 valence electrons. The van der Waals surface area contributed by atoms with Crippen LogP contribution in [0.1, 0.15) is 66.2 Å². The summed E-state index contributed by atoms with van der Waals surface area (Å²) in [7, 11) is 0. The van der Waals surface area contributed by atoms with Crippen molar-refractivity contribution in [3.63, 3.8) is 0 Å². The maximum Gasteiger partial charge on any atom is 0.321 e. The first-order valence-corrected chi connectivity index (χ1v) is 8.39. The van der Waals surface area contributed by atoms with Gasteiger partial charge < -0.3 is 9.47 Å². The fourth-order valence-electron chi connectivity index (χ4n) is 2.36. The van der Waals surface area contributed by atoms with Gasteiger partial charge in [0.25, 0.3) is 0 Å². The summed E-state index contributed by atoms with van der Waals surface area (Å²) in [6, 6.07) is 0. The molecule has 0 N–H and O–H groups in total. The van der Waals surface area contributed by atoms with Gasteiger partial charge in [-0.05, 0) is 26.7 Å². The first kappa shape index (κ1) is 20.6. The molecule has 0 spiro atoms. The third-order valence-electron chi connectivity index (χ3n) is 3.54. The van der Waals surface area contributed by atoms with E-state index in [2.05, 4.69) is 0 Å². The lowest BCUT2D eigenvalue weighted by Crippen LogP contribution is -2.38. The number of hydrogen-bond donors (Lipinski definition) is 0. The maximum absolute atomic E-state index is 12.5. The van der Waals surface area contributed by atoms with Gasteiger partial charge in [-0.3, -0.25) is 14.4 Å². The maximum atomic E-state index is 12.5. The van der Waals surface area contributed by atoms with Crippen molar-refractivity contribution in [2.24, 2.45) is 11.8 Å². The molecule has 0 aliphatic heterocycles. The van der Waals surface area contributed by atoms with E-state index in [-0.39, 0.29) is 19.0 Å². The number of carbonyl (C=O) groups is 3. The molecular weight excluding hydrogens is 284 g/mol. The minimum absolute atomic E-state index is 0.0404. The minimum atomic E-state index is -1.13. The van der Waals surface area contributed by atoms with Crippen molar-refractivity contribution >= 4 is 17.7 Å². The van der Waals surface area contributed by atoms with E-state index in [1.54, 1.807) is 13.8 Å². The lowest BCUT2D eigenvalue weighted by molar-refractivity contribution is -0.166. The van der Waals surface area contributed by atoms with E-state index in [4.69, 9.17) is 9.47 Å². The van der Waals surface area contributed by atoms with E-state index in [0.717, 1.165) is 25.7 Å². The highest BCUT2D eigenvalue weighted by Gasteiger charge is 2.40. The molecule has 0 rings (SSSR count). The molecule has 0 aliphatic carbocycles. The zero-order valence-corrected chi connectivity index (χ0v) is 14.4. The number of esters is 2. The second-order valence-corrected chi connectivity index (χ2v) is 5.30. The van der Waals surface area contributed by atoms with E-state index in [0.29, 0.717) is 12.8 Å². The fourth-order valence-corrected chi connectivity index (χ4v) is 2.36. The van der Waals surface area contributed by atoms with E-state index in [1.807, 2.05) is 13.8 Å². The molecule has 0 aromatic heterocycles. The van der Waals surface area contributed by atoms with Gasteiger partial charge in [-0.1, -0.05) is 33.1 Å². The number of hydrogen-bond acceptors (Lipinski definition) is 5. The van der Waals surface area contributed by atoms with Gasteiger partial charge in [0.05, 0.1) is 13.2 Å². The van der Waals surface area contributed by atoms with Gasteiger partial charge in [0.2, 0.25) is 0 Å². The van der Waals surface area contributed by atoms with Crippen LogP contribution in [0, 0.1) is 11.8 Å². The van der Waals surface area contributed by atoms with E-state index >= 15 is 0 Å². The lowest BCUT2D eigenvalue weighted by atomic mass is 9.82. The Balaban J connectivity index is 5.26. The standard InChI is InChI=1S/C17H30O5/c1-5-9-11-13(14(18)12-10-6-2)15(16(19)21-7-3)17(20)22-8-4/h13,15H,5-12H2,1-4H3. The van der Waals surface area contributed by atoms with Crippen LogP contribution in [0.5, 0.6) is 0 Å². The van der Waals surface area contributed by atoms with Crippen molar-refractivity contribution in [1.29, 1.82) is 0 Å². The Bertz CT molecular complexity index is 333. The topological polar surface area (TPSA) is 69.7 Å². The third-order valence-corrected chi connectivity index (χ3v) is 3.54. The lowest BCUT2D eigenvalue weighted by Gasteiger charge is -2.23. The predicted molar refractivity (Wildman–Crippen MR) is 84.3 cm³/mol. The second-order valence-electron chi connectivity index (χ2n) is 5.30. The van der Waals surface area contributed by atoms with Crippen LogP contribution in [0.25, 0.3) is 0 Å². The molecule has 0 saturated carbocycles. The number of rotatable bonds is 12. The average molecular weight is 314 g/mol. The van der Waals surface area contributed by atoms with Gasteiger partial charge in [0.15, 0.2) is 5.92 Å². The monoisotopic (exact) mass is 314 g/mol. The van der Waals surface area contributed by atoms with Gasteiger partial charge in [0, 0.05) is 12.3 Å². The molecule has 0 aromatic carbocycles. The number of carbonyl (C=O) groups excluding carboxylic acids is 3. The Kier molecular flexibility index (Phi) is 11.4. The molecule has 0 fully saturated rings. The molecule has 22 heavy (non-hydrogen) atoms. The van der Waals surface area contributed by atoms with Crippen molar-refractivity contribution in [3.8, 4) is 0 Å². The van der Waals surface area contributed by atoms with Crippen LogP contribution < -0.4 is 0 Å². The van der Waals surface area contributed by atoms with Gasteiger partial charge in [-0.2, -0.15) is 0 Å². The SMILES string of the molecule is CCCCC(=O)C(CCCC)C(C(=O)OCC)C(=O)OCC. The van der Waals surface area contributed by atoms with E-state index in [1.165, 1.54) is 0 Å². The van der Waals surface area contributed by atoms with Crippen LogP contribution in [-0.2, 0) is 23.9 Å². The van der Waals surface area contributed by atoms with Crippen LogP contribution in [0.4, 0.5) is 0 Å². The quantitative estimate of drug-likeness (QED) is 0.408. The average Bonchev–Trinajstić information content (AvgIpc) is 2.49. The summed E-state index contributed by atoms with van der Waals surface area (Å²) < 4.78 is 9.99. The summed E-state index contributed by atoms with van der Waals surface area (Å²) in [6.45, 7) is 7.73. The minimum Gasteiger partial charge on any atom is -0.465 e. The highest BCUT2D eigenvalue weighted by Crippen LogP contribution is 2.25. The summed E-state index contributed by atoms with van der Waals surface area (Å²) in [5.41, 5.74) is 0. The summed E-state index contributed by atoms with van der Waals surface area (Å²) >= 11 is 0. The molecule has 0 aliphatic rings. The highest BCUT2D eigenvalue weighted by molar-refractivity contribution is 6.00. The molecule has 1 unspecified atom stereocenters. The molecular formula is C17H30O5. The zero-order chi connectivity index (χ0) is 17.0. The summed E-state index contributed by atoms with van der Waals surface area (Å²) in [5.74, 6) is -3.10. The number of ether oxygens (including phenoxy) is 2. The molecule has 0 saturated heterocycles. The van der Waals surface area contributed by atoms with Gasteiger partial charge in [-0.25, -0.2) is 0 Å². The molecule has 0 aromatic rings. The third kappa shape index (κ3) is 7.05. The predicted octanol–water partition coefficient (Wildman–Crippen LogP) is 3.29. The van der Waals surface area contributed by atoms with Crippen LogP contribution in [0.2, 0.25) is 0 Å². The highest BCUT2D eigenvalue weighted by atomic mass is 16.6. The molecule has 5 heteroatoms. The smallest absolute Gasteiger partial charge is 0.321 e. The Morgan fingerprint density at radius 2 is 1.32 bits per heavy atom. The Labute approximate surface area is 133 Å². The van der Waals surface area contributed by atoms with Crippen molar-refractivity contribution in [2.45, 2.75) is 66.2 Å². The molecule has 5 nitrogen and oxygen atoms in total. The van der Waals surface area contributed by atoms with Gasteiger partial charge in [-0.15, -0.1) is 0 Å². The van der Waals surface area contributed by atoms with Crippen LogP contribution in [-0.4, -0.2) is 30.9 Å². The fraction of sp³-hybridized carbons (Fsp3) is 0.824. The summed E-state index contributed by atoms with van der Waals surface area (Å²) in [4.78, 5) is 36.8. The molecule has 1 atom stereocenters. The summed E-state index contributed by atoms with van der Waals surface area (Å²) in [6.07, 6.45) is 4.25. The molecule has 0 heterocycles. The Morgan fingerprint density at radius 1 is 0.818 bits per heavy atom. The van der Waals surface area contributed by atoms with Crippen LogP contribution in [0.15, 0.2) is 0 Å². The number of unbranched alkanes of at least 4 members (excludes halogenated alkanes) is 2. The first-order chi connectivity index (χ1) is 10.5.